The van der Waals surface area contributed by atoms with Crippen LogP contribution in [0, 0.1) is 22.8 Å². The number of rotatable bonds is 10. The third-order valence-corrected chi connectivity index (χ3v) is 13.0. The fraction of sp³-hybridized carbons (Fsp3) is 0.468. The first-order valence-electron chi connectivity index (χ1n) is 19.4. The van der Waals surface area contributed by atoms with Gasteiger partial charge in [0.15, 0.2) is 5.78 Å². The van der Waals surface area contributed by atoms with Crippen molar-refractivity contribution in [2.45, 2.75) is 127 Å². The third kappa shape index (κ3) is 8.87. The topological polar surface area (TPSA) is 63.1 Å². The molecule has 0 saturated heterocycles. The quantitative estimate of drug-likeness (QED) is 0.0861. The zero-order valence-electron chi connectivity index (χ0n) is 33.8. The Balaban J connectivity index is 0.000000299. The summed E-state index contributed by atoms with van der Waals surface area (Å²) in [5, 5.41) is 13.9. The molecule has 6 rings (SSSR count). The molecule has 53 heavy (non-hydrogen) atoms. The van der Waals surface area contributed by atoms with Gasteiger partial charge in [0.25, 0.3) is 0 Å². The average molecular weight is 908 g/mol. The van der Waals surface area contributed by atoms with E-state index in [1.807, 2.05) is 59.1 Å². The molecule has 5 aromatic rings. The molecule has 0 saturated carbocycles. The molecule has 6 heteroatoms. The van der Waals surface area contributed by atoms with E-state index in [4.69, 9.17) is 9.97 Å². The average Bonchev–Trinajstić information content (AvgIpc) is 3.52. The van der Waals surface area contributed by atoms with Gasteiger partial charge in [-0.1, -0.05) is 105 Å². The number of carbonyl (C=O) groups excluding carboxylic acids is 1. The van der Waals surface area contributed by atoms with Crippen LogP contribution in [-0.2, 0) is 49.6 Å². The van der Waals surface area contributed by atoms with Crippen molar-refractivity contribution < 1.29 is 30.0 Å². The Bertz CT molecular complexity index is 2090. The number of aryl methyl sites for hydroxylation is 2. The summed E-state index contributed by atoms with van der Waals surface area (Å²) in [4.78, 5) is 23.3. The summed E-state index contributed by atoms with van der Waals surface area (Å²) < 4.78 is 1.27. The van der Waals surface area contributed by atoms with Gasteiger partial charge in [0.2, 0.25) is 0 Å². The first-order valence-corrected chi connectivity index (χ1v) is 20.2. The normalized spacial score (nSPS) is 13.3. The first-order chi connectivity index (χ1) is 24.6. The minimum atomic E-state index is -0.337. The van der Waals surface area contributed by atoms with Gasteiger partial charge < -0.3 is 5.11 Å². The Hall–Kier alpha value is -3.18. The number of fused-ring (bicyclic) bond motifs is 6. The largest absolute Gasteiger partial charge is 0.512 e. The van der Waals surface area contributed by atoms with Crippen molar-refractivity contribution in [2.24, 2.45) is 16.7 Å². The Kier molecular flexibility index (Phi) is 13.7. The van der Waals surface area contributed by atoms with E-state index >= 15 is 0 Å². The van der Waals surface area contributed by atoms with Crippen LogP contribution in [-0.4, -0.2) is 20.9 Å². The molecule has 0 atom stereocenters. The molecule has 1 aliphatic rings. The van der Waals surface area contributed by atoms with Crippen LogP contribution >= 0.6 is 11.3 Å². The smallest absolute Gasteiger partial charge is 0.164 e. The molecule has 0 bridgehead atoms. The van der Waals surface area contributed by atoms with E-state index < -0.39 is 0 Å². The number of hydrogen-bond donors (Lipinski definition) is 1. The zero-order chi connectivity index (χ0) is 38.0. The Labute approximate surface area is 336 Å². The maximum atomic E-state index is 12.2. The second kappa shape index (κ2) is 17.1. The van der Waals surface area contributed by atoms with Crippen molar-refractivity contribution in [1.82, 2.24) is 9.97 Å². The molecule has 0 amide bonds. The predicted octanol–water partition coefficient (Wildman–Crippen LogP) is 13.2. The Morgan fingerprint density at radius 1 is 0.906 bits per heavy atom. The molecule has 0 unspecified atom stereocenters. The van der Waals surface area contributed by atoms with Gasteiger partial charge in [-0.15, -0.1) is 40.5 Å². The molecular weight excluding hydrogens is 849 g/mol. The summed E-state index contributed by atoms with van der Waals surface area (Å²) in [5.41, 5.74) is 8.32. The van der Waals surface area contributed by atoms with Gasteiger partial charge in [-0.2, -0.15) is 0 Å². The molecule has 285 valence electrons. The van der Waals surface area contributed by atoms with E-state index in [2.05, 4.69) is 89.3 Å². The molecule has 1 radical (unpaired) electrons. The van der Waals surface area contributed by atoms with Gasteiger partial charge in [-0.05, 0) is 84.9 Å². The summed E-state index contributed by atoms with van der Waals surface area (Å²) in [6.45, 7) is 23.5. The van der Waals surface area contributed by atoms with E-state index in [0.717, 1.165) is 61.6 Å². The van der Waals surface area contributed by atoms with Crippen molar-refractivity contribution in [2.75, 3.05) is 0 Å². The molecule has 0 aliphatic heterocycles. The molecule has 0 fully saturated rings. The van der Waals surface area contributed by atoms with E-state index in [1.54, 1.807) is 0 Å². The number of aromatic nitrogens is 2. The summed E-state index contributed by atoms with van der Waals surface area (Å²) in [5.74, 6) is 0.905. The van der Waals surface area contributed by atoms with Crippen molar-refractivity contribution in [1.29, 1.82) is 0 Å². The molecule has 3 heterocycles. The summed E-state index contributed by atoms with van der Waals surface area (Å²) in [6.07, 6.45) is 12.0. The number of aliphatic hydroxyl groups excluding tert-OH is 1. The monoisotopic (exact) mass is 908 g/mol. The molecule has 1 N–H and O–H groups in total. The SMILES string of the molecule is CC(C)Cc1cc2c(cn1)-c1sc3c(-c4[c-]c5ccccc5c(C(C)(C)C)c4)nccc3c1CC2.CCC(C)(CC)C(=O)/C=C(\O)C(C)(CC)CC.[Ir]. The van der Waals surface area contributed by atoms with Crippen LogP contribution in [0.1, 0.15) is 124 Å². The Morgan fingerprint density at radius 3 is 2.19 bits per heavy atom. The van der Waals surface area contributed by atoms with Crippen molar-refractivity contribution in [3.63, 3.8) is 0 Å². The second-order valence-electron chi connectivity index (χ2n) is 16.7. The van der Waals surface area contributed by atoms with Crippen molar-refractivity contribution in [3.05, 3.63) is 95.1 Å². The molecular formula is C47H59IrN2O2S-. The second-order valence-corrected chi connectivity index (χ2v) is 17.7. The Morgan fingerprint density at radius 2 is 1.57 bits per heavy atom. The number of pyridine rings is 2. The predicted molar refractivity (Wildman–Crippen MR) is 222 cm³/mol. The van der Waals surface area contributed by atoms with E-state index in [1.165, 1.54) is 54.4 Å². The van der Waals surface area contributed by atoms with E-state index in [9.17, 15) is 9.90 Å². The summed E-state index contributed by atoms with van der Waals surface area (Å²) in [6, 6.07) is 19.2. The van der Waals surface area contributed by atoms with Gasteiger partial charge in [-0.3, -0.25) is 14.8 Å². The maximum absolute atomic E-state index is 12.2. The van der Waals surface area contributed by atoms with Crippen molar-refractivity contribution >= 4 is 38.0 Å². The fourth-order valence-electron chi connectivity index (χ4n) is 7.14. The molecule has 1 aliphatic carbocycles. The van der Waals surface area contributed by atoms with Crippen LogP contribution in [0.3, 0.4) is 0 Å². The van der Waals surface area contributed by atoms with E-state index in [-0.39, 0.29) is 47.9 Å². The van der Waals surface area contributed by atoms with E-state index in [0.29, 0.717) is 5.92 Å². The zero-order valence-corrected chi connectivity index (χ0v) is 37.0. The standard InChI is InChI=1S/C32H31N2S.C15H28O2.Ir/c1-19(2)14-23-16-21-10-11-25-26-12-13-33-29(31(26)35-30(25)27(21)18-34-23)22-15-20-8-6-7-9-24(20)28(17-22)32(3,4)5;1-7-14(5,8-2)12(16)11-13(17)15(6,9-3)10-4;/h6-9,12-13,16-19H,10-11,14H2,1-5H3;11,16H,7-10H2,1-6H3;/q-1;;/b;12-11-;. The molecule has 0 spiro atoms. The van der Waals surface area contributed by atoms with Gasteiger partial charge in [0.1, 0.15) is 5.76 Å². The number of thiophene rings is 1. The number of nitrogens with zero attached hydrogens (tertiary/aromatic N) is 2. The number of hydrogen-bond acceptors (Lipinski definition) is 5. The number of carbonyl (C=O) groups is 1. The summed E-state index contributed by atoms with van der Waals surface area (Å²) >= 11 is 1.88. The minimum Gasteiger partial charge on any atom is -0.512 e. The third-order valence-electron chi connectivity index (χ3n) is 11.7. The summed E-state index contributed by atoms with van der Waals surface area (Å²) in [7, 11) is 0. The van der Waals surface area contributed by atoms with Gasteiger partial charge in [0, 0.05) is 75.9 Å². The van der Waals surface area contributed by atoms with Crippen LogP contribution in [0.2, 0.25) is 0 Å². The van der Waals surface area contributed by atoms with Gasteiger partial charge >= 0.3 is 0 Å². The van der Waals surface area contributed by atoms with Crippen LogP contribution in [0.5, 0.6) is 0 Å². The first kappa shape index (κ1) is 42.6. The van der Waals surface area contributed by atoms with Crippen LogP contribution < -0.4 is 0 Å². The molecule has 4 nitrogen and oxygen atoms in total. The van der Waals surface area contributed by atoms with Gasteiger partial charge in [0.05, 0.1) is 0 Å². The van der Waals surface area contributed by atoms with Crippen LogP contribution in [0.15, 0.2) is 66.7 Å². The number of aliphatic hydroxyl groups is 1. The van der Waals surface area contributed by atoms with Crippen LogP contribution in [0.4, 0.5) is 0 Å². The molecule has 3 aromatic heterocycles. The minimum absolute atomic E-state index is 0. The van der Waals surface area contributed by atoms with Crippen LogP contribution in [0.25, 0.3) is 42.6 Å². The molecule has 2 aromatic carbocycles. The van der Waals surface area contributed by atoms with Crippen molar-refractivity contribution in [3.8, 4) is 21.7 Å². The number of benzene rings is 2. The fourth-order valence-corrected chi connectivity index (χ4v) is 8.54. The number of ketones is 1. The van der Waals surface area contributed by atoms with Gasteiger partial charge in [-0.25, -0.2) is 0 Å². The maximum Gasteiger partial charge on any atom is 0.164 e. The number of allylic oxidation sites excluding steroid dienone is 2.